The van der Waals surface area contributed by atoms with Crippen LogP contribution in [0.5, 0.6) is 0 Å². The molecule has 2 N–H and O–H groups in total. The summed E-state index contributed by atoms with van der Waals surface area (Å²) >= 11 is 1.58. The highest BCUT2D eigenvalue weighted by Gasteiger charge is 2.24. The van der Waals surface area contributed by atoms with Gasteiger partial charge in [0.15, 0.2) is 0 Å². The number of rotatable bonds is 7. The zero-order valence-corrected chi connectivity index (χ0v) is 12.8. The molecule has 7 nitrogen and oxygen atoms in total. The maximum absolute atomic E-state index is 11.8. The van der Waals surface area contributed by atoms with Gasteiger partial charge in [0, 0.05) is 31.4 Å². The Labute approximate surface area is 123 Å². The molecule has 0 aromatic carbocycles. The Morgan fingerprint density at radius 2 is 2.50 bits per heavy atom. The number of H-pyrrole nitrogens is 1. The van der Waals surface area contributed by atoms with Crippen molar-refractivity contribution in [2.45, 2.75) is 17.5 Å². The first-order chi connectivity index (χ1) is 9.65. The molecule has 0 bridgehead atoms. The Balaban J connectivity index is 1.57. The van der Waals surface area contributed by atoms with E-state index in [4.69, 9.17) is 0 Å². The van der Waals surface area contributed by atoms with Crippen LogP contribution in [0.3, 0.4) is 0 Å². The van der Waals surface area contributed by atoms with Crippen LogP contribution in [0.15, 0.2) is 11.2 Å². The predicted molar refractivity (Wildman–Crippen MR) is 78.6 cm³/mol. The summed E-state index contributed by atoms with van der Waals surface area (Å²) in [6.07, 6.45) is 2.82. The molecular weight excluding hydrogens is 276 g/mol. The fraction of sp³-hybridized carbons (Fsp3) is 0.750. The van der Waals surface area contributed by atoms with Gasteiger partial charge in [-0.25, -0.2) is 0 Å². The molecule has 0 saturated carbocycles. The molecule has 0 spiro atoms. The second kappa shape index (κ2) is 7.61. The fourth-order valence-corrected chi connectivity index (χ4v) is 2.89. The Bertz CT molecular complexity index is 410. The number of nitrogens with one attached hydrogen (secondary N) is 2. The molecular formula is C12H22N6OS. The number of hydrogen-bond donors (Lipinski definition) is 2. The van der Waals surface area contributed by atoms with E-state index in [1.54, 1.807) is 18.0 Å². The van der Waals surface area contributed by atoms with Crippen LogP contribution >= 0.6 is 11.8 Å². The summed E-state index contributed by atoms with van der Waals surface area (Å²) in [7, 11) is 4.19. The van der Waals surface area contributed by atoms with E-state index in [1.165, 1.54) is 0 Å². The fourth-order valence-electron chi connectivity index (χ4n) is 2.24. The lowest BCUT2D eigenvalue weighted by Crippen LogP contribution is -2.38. The van der Waals surface area contributed by atoms with Crippen LogP contribution in [-0.2, 0) is 4.79 Å². The Hall–Kier alpha value is -1.12. The summed E-state index contributed by atoms with van der Waals surface area (Å²) < 4.78 is 0. The zero-order chi connectivity index (χ0) is 14.4. The molecule has 8 heteroatoms. The summed E-state index contributed by atoms with van der Waals surface area (Å²) in [4.78, 5) is 16.3. The number of likely N-dealkylation sites (tertiary alicyclic amines) is 1. The number of likely N-dealkylation sites (N-methyl/N-ethyl adjacent to an activating group) is 1. The van der Waals surface area contributed by atoms with Crippen molar-refractivity contribution in [3.05, 3.63) is 6.20 Å². The molecule has 1 aromatic rings. The number of nitrogens with zero attached hydrogens (tertiary/aromatic N) is 4. The summed E-state index contributed by atoms with van der Waals surface area (Å²) in [5, 5.41) is 14.0. The largest absolute Gasteiger partial charge is 0.354 e. The van der Waals surface area contributed by atoms with E-state index in [9.17, 15) is 4.79 Å². The van der Waals surface area contributed by atoms with Crippen molar-refractivity contribution in [3.63, 3.8) is 0 Å². The molecule has 1 fully saturated rings. The molecule has 2 rings (SSSR count). The van der Waals surface area contributed by atoms with Gasteiger partial charge in [0.2, 0.25) is 5.91 Å². The lowest BCUT2D eigenvalue weighted by molar-refractivity contribution is -0.121. The molecule has 1 atom stereocenters. The normalized spacial score (nSPS) is 19.6. The van der Waals surface area contributed by atoms with Crippen molar-refractivity contribution in [2.24, 2.45) is 0 Å². The monoisotopic (exact) mass is 298 g/mol. The summed E-state index contributed by atoms with van der Waals surface area (Å²) in [6, 6.07) is 0.575. The minimum absolute atomic E-state index is 0.102. The first-order valence-corrected chi connectivity index (χ1v) is 7.78. The Morgan fingerprint density at radius 3 is 3.15 bits per heavy atom. The van der Waals surface area contributed by atoms with Gasteiger partial charge in [0.25, 0.3) is 0 Å². The van der Waals surface area contributed by atoms with Gasteiger partial charge in [0.1, 0.15) is 5.03 Å². The van der Waals surface area contributed by atoms with E-state index < -0.39 is 0 Å². The van der Waals surface area contributed by atoms with E-state index in [2.05, 4.69) is 44.6 Å². The molecule has 1 unspecified atom stereocenters. The van der Waals surface area contributed by atoms with Crippen LogP contribution in [0, 0.1) is 0 Å². The molecule has 1 aliphatic rings. The number of hydrogen-bond acceptors (Lipinski definition) is 6. The van der Waals surface area contributed by atoms with E-state index >= 15 is 0 Å². The number of carbonyl (C=O) groups is 1. The first-order valence-electron chi connectivity index (χ1n) is 6.79. The van der Waals surface area contributed by atoms with Crippen LogP contribution in [0.1, 0.15) is 6.42 Å². The minimum Gasteiger partial charge on any atom is -0.354 e. The topological polar surface area (TPSA) is 77.1 Å². The number of aromatic amines is 1. The number of aromatic nitrogens is 3. The van der Waals surface area contributed by atoms with Crippen LogP contribution in [0.2, 0.25) is 0 Å². The van der Waals surface area contributed by atoms with Gasteiger partial charge in [-0.15, -0.1) is 16.9 Å². The summed E-state index contributed by atoms with van der Waals surface area (Å²) in [5.41, 5.74) is 0. The lowest BCUT2D eigenvalue weighted by atomic mass is 10.2. The molecule has 1 saturated heterocycles. The van der Waals surface area contributed by atoms with Gasteiger partial charge in [-0.1, -0.05) is 0 Å². The number of amides is 1. The molecule has 112 valence electrons. The Morgan fingerprint density at radius 1 is 1.65 bits per heavy atom. The highest BCUT2D eigenvalue weighted by atomic mass is 32.2. The molecule has 1 aliphatic heterocycles. The van der Waals surface area contributed by atoms with Crippen LogP contribution < -0.4 is 5.32 Å². The van der Waals surface area contributed by atoms with Crippen molar-refractivity contribution in [2.75, 3.05) is 46.0 Å². The van der Waals surface area contributed by atoms with Gasteiger partial charge >= 0.3 is 0 Å². The highest BCUT2D eigenvalue weighted by molar-refractivity contribution is 7.99. The third kappa shape index (κ3) is 4.77. The smallest absolute Gasteiger partial charge is 0.234 e. The van der Waals surface area contributed by atoms with E-state index in [-0.39, 0.29) is 5.91 Å². The third-order valence-corrected chi connectivity index (χ3v) is 4.31. The molecule has 1 amide bonds. The third-order valence-electron chi connectivity index (χ3n) is 3.41. The summed E-state index contributed by atoms with van der Waals surface area (Å²) in [5.74, 6) is 0.906. The van der Waals surface area contributed by atoms with Crippen LogP contribution in [0.4, 0.5) is 0 Å². The molecule has 20 heavy (non-hydrogen) atoms. The van der Waals surface area contributed by atoms with Crippen molar-refractivity contribution < 1.29 is 4.79 Å². The number of carbonyl (C=O) groups excluding carboxylic acids is 1. The number of thioether (sulfide) groups is 1. The Kier molecular flexibility index (Phi) is 5.81. The van der Waals surface area contributed by atoms with E-state index in [0.717, 1.165) is 30.3 Å². The first kappa shape index (κ1) is 15.3. The van der Waals surface area contributed by atoms with Crippen molar-refractivity contribution >= 4 is 17.7 Å². The standard InChI is InChI=1S/C12H22N6OS/c1-17(2)10-3-5-18(8-10)9-11(19)13-4-6-20-12-7-14-16-15-12/h7,10H,3-6,8-9H2,1-2H3,(H,13,19)(H,14,15,16). The second-order valence-corrected chi connectivity index (χ2v) is 6.26. The van der Waals surface area contributed by atoms with Crippen molar-refractivity contribution in [1.29, 1.82) is 0 Å². The average Bonchev–Trinajstić information content (AvgIpc) is 3.05. The predicted octanol–water partition coefficient (Wildman–Crippen LogP) is -0.351. The highest BCUT2D eigenvalue weighted by Crippen LogP contribution is 2.13. The zero-order valence-electron chi connectivity index (χ0n) is 12.0. The van der Waals surface area contributed by atoms with E-state index in [0.29, 0.717) is 19.1 Å². The summed E-state index contributed by atoms with van der Waals surface area (Å²) in [6.45, 7) is 3.14. The van der Waals surface area contributed by atoms with Crippen molar-refractivity contribution in [1.82, 2.24) is 30.5 Å². The molecule has 0 radical (unpaired) electrons. The maximum atomic E-state index is 11.8. The molecule has 0 aliphatic carbocycles. The second-order valence-electron chi connectivity index (χ2n) is 5.15. The van der Waals surface area contributed by atoms with Crippen LogP contribution in [-0.4, -0.2) is 83.2 Å². The SMILES string of the molecule is CN(C)C1CCN(CC(=O)NCCSc2cn[nH]n2)C1. The maximum Gasteiger partial charge on any atom is 0.234 e. The average molecular weight is 298 g/mol. The van der Waals surface area contributed by atoms with Crippen molar-refractivity contribution in [3.8, 4) is 0 Å². The van der Waals surface area contributed by atoms with Crippen LogP contribution in [0.25, 0.3) is 0 Å². The van der Waals surface area contributed by atoms with E-state index in [1.807, 2.05) is 0 Å². The van der Waals surface area contributed by atoms with Gasteiger partial charge < -0.3 is 10.2 Å². The van der Waals surface area contributed by atoms with Gasteiger partial charge in [-0.2, -0.15) is 10.3 Å². The van der Waals surface area contributed by atoms with Gasteiger partial charge in [-0.3, -0.25) is 9.69 Å². The lowest BCUT2D eigenvalue weighted by Gasteiger charge is -2.20. The molecule has 1 aromatic heterocycles. The quantitative estimate of drug-likeness (QED) is 0.529. The van der Waals surface area contributed by atoms with Gasteiger partial charge in [-0.05, 0) is 20.5 Å². The minimum atomic E-state index is 0.102. The van der Waals surface area contributed by atoms with Gasteiger partial charge in [0.05, 0.1) is 12.7 Å². The molecule has 2 heterocycles.